The lowest BCUT2D eigenvalue weighted by atomic mass is 9.46. The van der Waals surface area contributed by atoms with Crippen LogP contribution in [0.1, 0.15) is 72.1 Å². The van der Waals surface area contributed by atoms with Gasteiger partial charge in [-0.05, 0) is 84.0 Å². The van der Waals surface area contributed by atoms with Gasteiger partial charge in [-0.1, -0.05) is 0 Å². The first-order chi connectivity index (χ1) is 12.6. The molecule has 6 nitrogen and oxygen atoms in total. The predicted octanol–water partition coefficient (Wildman–Crippen LogP) is 2.83. The molecule has 1 saturated heterocycles. The highest BCUT2D eigenvalue weighted by molar-refractivity contribution is 5.87. The van der Waals surface area contributed by atoms with Crippen LogP contribution in [0.5, 0.6) is 0 Å². The molecular formula is C21H34N2O4. The molecule has 3 atom stereocenters. The number of aliphatic hydroxyl groups is 1. The van der Waals surface area contributed by atoms with Gasteiger partial charge in [0.1, 0.15) is 11.6 Å². The Labute approximate surface area is 162 Å². The number of hydrogen-bond donors (Lipinski definition) is 2. The molecule has 0 aromatic carbocycles. The highest BCUT2D eigenvalue weighted by Crippen LogP contribution is 2.63. The molecule has 5 fully saturated rings. The molecule has 0 aromatic heterocycles. The summed E-state index contributed by atoms with van der Waals surface area (Å²) < 4.78 is 5.49. The fourth-order valence-corrected chi connectivity index (χ4v) is 6.64. The first kappa shape index (κ1) is 19.0. The summed E-state index contributed by atoms with van der Waals surface area (Å²) >= 11 is 0. The van der Waals surface area contributed by atoms with Gasteiger partial charge in [0.05, 0.1) is 5.60 Å². The van der Waals surface area contributed by atoms with Gasteiger partial charge in [-0.3, -0.25) is 4.79 Å². The fourth-order valence-electron chi connectivity index (χ4n) is 6.64. The topological polar surface area (TPSA) is 78.9 Å². The number of amides is 2. The zero-order valence-corrected chi connectivity index (χ0v) is 16.9. The van der Waals surface area contributed by atoms with E-state index >= 15 is 0 Å². The molecule has 0 spiro atoms. The van der Waals surface area contributed by atoms with E-state index in [1.54, 1.807) is 0 Å². The van der Waals surface area contributed by atoms with Crippen molar-refractivity contribution < 1.29 is 19.4 Å². The van der Waals surface area contributed by atoms with Crippen molar-refractivity contribution in [1.29, 1.82) is 0 Å². The molecule has 27 heavy (non-hydrogen) atoms. The molecule has 1 aliphatic heterocycles. The Bertz CT molecular complexity index is 606. The van der Waals surface area contributed by atoms with E-state index in [9.17, 15) is 14.7 Å². The third-order valence-electron chi connectivity index (χ3n) is 7.01. The molecule has 0 radical (unpaired) electrons. The third-order valence-corrected chi connectivity index (χ3v) is 7.01. The minimum absolute atomic E-state index is 0.0175. The average Bonchev–Trinajstić information content (AvgIpc) is 3.02. The Morgan fingerprint density at radius 3 is 2.22 bits per heavy atom. The largest absolute Gasteiger partial charge is 0.444 e. The lowest BCUT2D eigenvalue weighted by molar-refractivity contribution is -0.179. The number of rotatable bonds is 3. The Balaban J connectivity index is 1.61. The second-order valence-corrected chi connectivity index (χ2v) is 10.7. The summed E-state index contributed by atoms with van der Waals surface area (Å²) in [5, 5.41) is 14.1. The standard InChI is InChI=1S/C21H34N2O4/c1-19(2,3)27-18(25)22-16(17(24)23-6-4-5-7-23)20-9-14-8-15(10-20)12-21(26,11-14)13-20/h14-16,26H,4-13H2,1-3H3,(H,22,25)/t14?,15?,16-,20?,21?/m1/s1. The summed E-state index contributed by atoms with van der Waals surface area (Å²) in [4.78, 5) is 27.9. The maximum atomic E-state index is 13.4. The molecule has 6 heteroatoms. The average molecular weight is 379 g/mol. The monoisotopic (exact) mass is 378 g/mol. The van der Waals surface area contributed by atoms with Gasteiger partial charge >= 0.3 is 6.09 Å². The van der Waals surface area contributed by atoms with Crippen LogP contribution in [0.25, 0.3) is 0 Å². The van der Waals surface area contributed by atoms with Gasteiger partial charge in [-0.2, -0.15) is 0 Å². The number of likely N-dealkylation sites (tertiary alicyclic amines) is 1. The number of nitrogens with zero attached hydrogens (tertiary/aromatic N) is 1. The van der Waals surface area contributed by atoms with Crippen molar-refractivity contribution in [3.63, 3.8) is 0 Å². The van der Waals surface area contributed by atoms with Gasteiger partial charge in [0, 0.05) is 18.5 Å². The van der Waals surface area contributed by atoms with Crippen molar-refractivity contribution in [2.75, 3.05) is 13.1 Å². The normalized spacial score (nSPS) is 38.7. The zero-order chi connectivity index (χ0) is 19.4. The molecule has 4 bridgehead atoms. The quantitative estimate of drug-likeness (QED) is 0.791. The maximum Gasteiger partial charge on any atom is 0.408 e. The first-order valence-corrected chi connectivity index (χ1v) is 10.6. The Kier molecular flexibility index (Phi) is 4.48. The fraction of sp³-hybridized carbons (Fsp3) is 0.905. The minimum Gasteiger partial charge on any atom is -0.444 e. The third kappa shape index (κ3) is 3.69. The zero-order valence-electron chi connectivity index (χ0n) is 16.9. The van der Waals surface area contributed by atoms with Gasteiger partial charge in [0.15, 0.2) is 0 Å². The second-order valence-electron chi connectivity index (χ2n) is 10.7. The number of alkyl carbamates (subject to hydrolysis) is 1. The van der Waals surface area contributed by atoms with Crippen LogP contribution in [0, 0.1) is 17.3 Å². The molecule has 2 unspecified atom stereocenters. The van der Waals surface area contributed by atoms with Crippen molar-refractivity contribution in [2.45, 2.75) is 89.4 Å². The SMILES string of the molecule is CC(C)(C)OC(=O)N[C@H](C(=O)N1CCCC1)C12CC3CC(CC(O)(C3)C1)C2. The van der Waals surface area contributed by atoms with Crippen molar-refractivity contribution in [3.8, 4) is 0 Å². The van der Waals surface area contributed by atoms with Crippen LogP contribution in [-0.2, 0) is 9.53 Å². The lowest BCUT2D eigenvalue weighted by Crippen LogP contribution is -2.66. The number of hydrogen-bond acceptors (Lipinski definition) is 4. The molecule has 0 aromatic rings. The highest BCUT2D eigenvalue weighted by Gasteiger charge is 2.61. The molecule has 4 aliphatic carbocycles. The van der Waals surface area contributed by atoms with Crippen LogP contribution in [-0.4, -0.2) is 52.3 Å². The lowest BCUT2D eigenvalue weighted by Gasteiger charge is -2.62. The molecule has 5 rings (SSSR count). The van der Waals surface area contributed by atoms with Crippen LogP contribution >= 0.6 is 0 Å². The van der Waals surface area contributed by atoms with Crippen LogP contribution in [0.4, 0.5) is 4.79 Å². The van der Waals surface area contributed by atoms with E-state index in [2.05, 4.69) is 5.32 Å². The molecule has 5 aliphatic rings. The van der Waals surface area contributed by atoms with Crippen LogP contribution < -0.4 is 5.32 Å². The molecule has 152 valence electrons. The van der Waals surface area contributed by atoms with Crippen molar-refractivity contribution in [1.82, 2.24) is 10.2 Å². The molecule has 2 amide bonds. The molecule has 2 N–H and O–H groups in total. The van der Waals surface area contributed by atoms with Crippen LogP contribution in [0.2, 0.25) is 0 Å². The van der Waals surface area contributed by atoms with Gasteiger partial charge in [-0.25, -0.2) is 4.79 Å². The Hall–Kier alpha value is -1.30. The maximum absolute atomic E-state index is 13.4. The van der Waals surface area contributed by atoms with Gasteiger partial charge in [0.25, 0.3) is 0 Å². The highest BCUT2D eigenvalue weighted by atomic mass is 16.6. The van der Waals surface area contributed by atoms with Crippen LogP contribution in [0.3, 0.4) is 0 Å². The summed E-state index contributed by atoms with van der Waals surface area (Å²) in [5.74, 6) is 0.944. The second kappa shape index (κ2) is 6.36. The van der Waals surface area contributed by atoms with Crippen LogP contribution in [0.15, 0.2) is 0 Å². The Morgan fingerprint density at radius 1 is 1.11 bits per heavy atom. The Morgan fingerprint density at radius 2 is 1.70 bits per heavy atom. The van der Waals surface area contributed by atoms with E-state index < -0.39 is 23.3 Å². The molecular weight excluding hydrogens is 344 g/mol. The first-order valence-electron chi connectivity index (χ1n) is 10.6. The number of carbonyl (C=O) groups is 2. The van der Waals surface area contributed by atoms with Gasteiger partial charge in [0.2, 0.25) is 5.91 Å². The summed E-state index contributed by atoms with van der Waals surface area (Å²) in [6.45, 7) is 7.02. The molecule has 4 saturated carbocycles. The number of ether oxygens (including phenoxy) is 1. The van der Waals surface area contributed by atoms with Gasteiger partial charge in [-0.15, -0.1) is 0 Å². The number of carbonyl (C=O) groups excluding carboxylic acids is 2. The molecule has 1 heterocycles. The van der Waals surface area contributed by atoms with Crippen molar-refractivity contribution in [3.05, 3.63) is 0 Å². The van der Waals surface area contributed by atoms with E-state index in [-0.39, 0.29) is 11.3 Å². The summed E-state index contributed by atoms with van der Waals surface area (Å²) in [7, 11) is 0. The predicted molar refractivity (Wildman–Crippen MR) is 101 cm³/mol. The van der Waals surface area contributed by atoms with E-state index in [1.165, 1.54) is 0 Å². The van der Waals surface area contributed by atoms with Crippen molar-refractivity contribution in [2.24, 2.45) is 17.3 Å². The van der Waals surface area contributed by atoms with E-state index in [4.69, 9.17) is 4.74 Å². The number of nitrogens with one attached hydrogen (secondary N) is 1. The van der Waals surface area contributed by atoms with Gasteiger partial charge < -0.3 is 20.1 Å². The van der Waals surface area contributed by atoms with E-state index in [0.717, 1.165) is 58.0 Å². The summed E-state index contributed by atoms with van der Waals surface area (Å²) in [6, 6.07) is -0.595. The van der Waals surface area contributed by atoms with E-state index in [1.807, 2.05) is 25.7 Å². The summed E-state index contributed by atoms with van der Waals surface area (Å²) in [5.41, 5.74) is -1.61. The van der Waals surface area contributed by atoms with Crippen molar-refractivity contribution >= 4 is 12.0 Å². The minimum atomic E-state index is -0.663. The smallest absolute Gasteiger partial charge is 0.408 e. The summed E-state index contributed by atoms with van der Waals surface area (Å²) in [6.07, 6.45) is 6.83. The van der Waals surface area contributed by atoms with E-state index in [0.29, 0.717) is 18.3 Å².